The Kier molecular flexibility index (Phi) is 6.83. The number of nitrogens with one attached hydrogen (secondary N) is 1. The van der Waals surface area contributed by atoms with Crippen molar-refractivity contribution < 1.29 is 14.3 Å². The molecular weight excluding hydrogens is 368 g/mol. The van der Waals surface area contributed by atoms with E-state index >= 15 is 0 Å². The highest BCUT2D eigenvalue weighted by molar-refractivity contribution is 8.26. The molecular formula is C19H24N2O3S2. The molecule has 2 amide bonds. The molecule has 1 aromatic rings. The van der Waals surface area contributed by atoms with Gasteiger partial charge in [0.15, 0.2) is 0 Å². The monoisotopic (exact) mass is 392 g/mol. The van der Waals surface area contributed by atoms with E-state index in [0.717, 1.165) is 11.3 Å². The van der Waals surface area contributed by atoms with Gasteiger partial charge in [0.25, 0.3) is 5.91 Å². The van der Waals surface area contributed by atoms with Gasteiger partial charge in [-0.15, -0.1) is 0 Å². The summed E-state index contributed by atoms with van der Waals surface area (Å²) < 4.78 is 5.73. The maximum Gasteiger partial charge on any atom is 0.266 e. The average molecular weight is 393 g/mol. The van der Waals surface area contributed by atoms with Crippen molar-refractivity contribution in [2.24, 2.45) is 0 Å². The van der Waals surface area contributed by atoms with Crippen LogP contribution in [-0.4, -0.2) is 40.2 Å². The first kappa shape index (κ1) is 20.5. The maximum absolute atomic E-state index is 12.6. The number of thiocarbonyl (C=S) groups is 1. The molecule has 26 heavy (non-hydrogen) atoms. The van der Waals surface area contributed by atoms with Crippen LogP contribution >= 0.6 is 24.0 Å². The number of carbonyl (C=O) groups is 2. The van der Waals surface area contributed by atoms with E-state index in [1.165, 1.54) is 11.8 Å². The highest BCUT2D eigenvalue weighted by Gasteiger charge is 2.31. The molecule has 1 fully saturated rings. The minimum atomic E-state index is -0.252. The minimum Gasteiger partial charge on any atom is -0.497 e. The van der Waals surface area contributed by atoms with Crippen molar-refractivity contribution >= 4 is 46.2 Å². The van der Waals surface area contributed by atoms with Crippen LogP contribution in [0.15, 0.2) is 29.2 Å². The van der Waals surface area contributed by atoms with Crippen molar-refractivity contribution in [3.8, 4) is 5.75 Å². The van der Waals surface area contributed by atoms with Crippen LogP contribution in [0.3, 0.4) is 0 Å². The molecule has 2 rings (SSSR count). The van der Waals surface area contributed by atoms with E-state index < -0.39 is 0 Å². The van der Waals surface area contributed by atoms with Crippen LogP contribution in [0.4, 0.5) is 0 Å². The summed E-state index contributed by atoms with van der Waals surface area (Å²) in [7, 11) is 1.61. The Morgan fingerprint density at radius 2 is 2.12 bits per heavy atom. The highest BCUT2D eigenvalue weighted by Crippen LogP contribution is 2.33. The SMILES string of the molecule is COc1cccc(C=C2SC(=S)N(CCCC(=O)NC(C)(C)C)C2=O)c1. The summed E-state index contributed by atoms with van der Waals surface area (Å²) in [5.74, 6) is 0.605. The number of carbonyl (C=O) groups excluding carboxylic acids is 2. The van der Waals surface area contributed by atoms with E-state index in [2.05, 4.69) is 5.32 Å². The fourth-order valence-corrected chi connectivity index (χ4v) is 3.76. The summed E-state index contributed by atoms with van der Waals surface area (Å²) in [6.07, 6.45) is 2.75. The molecule has 7 heteroatoms. The predicted octanol–water partition coefficient (Wildman–Crippen LogP) is 3.59. The summed E-state index contributed by atoms with van der Waals surface area (Å²) in [4.78, 5) is 26.6. The molecule has 0 aliphatic carbocycles. The normalized spacial score (nSPS) is 16.3. The third-order valence-corrected chi connectivity index (χ3v) is 4.94. The summed E-state index contributed by atoms with van der Waals surface area (Å²) >= 11 is 6.61. The second kappa shape index (κ2) is 8.68. The van der Waals surface area contributed by atoms with Gasteiger partial charge in [-0.25, -0.2) is 0 Å². The molecule has 0 bridgehead atoms. The van der Waals surface area contributed by atoms with E-state index in [0.29, 0.717) is 28.6 Å². The van der Waals surface area contributed by atoms with E-state index in [1.54, 1.807) is 12.0 Å². The van der Waals surface area contributed by atoms with Gasteiger partial charge in [-0.3, -0.25) is 14.5 Å². The zero-order chi connectivity index (χ0) is 19.3. The van der Waals surface area contributed by atoms with E-state index in [1.807, 2.05) is 51.1 Å². The van der Waals surface area contributed by atoms with Gasteiger partial charge in [0.2, 0.25) is 5.91 Å². The first-order valence-corrected chi connectivity index (χ1v) is 9.62. The lowest BCUT2D eigenvalue weighted by atomic mass is 10.1. The molecule has 1 N–H and O–H groups in total. The van der Waals surface area contributed by atoms with Crippen molar-refractivity contribution in [3.63, 3.8) is 0 Å². The van der Waals surface area contributed by atoms with Crippen LogP contribution in [0.1, 0.15) is 39.2 Å². The second-order valence-electron chi connectivity index (χ2n) is 7.01. The Balaban J connectivity index is 1.96. The molecule has 0 spiro atoms. The first-order valence-electron chi connectivity index (χ1n) is 8.40. The van der Waals surface area contributed by atoms with Gasteiger partial charge in [0.1, 0.15) is 10.1 Å². The molecule has 1 aliphatic rings. The third-order valence-electron chi connectivity index (χ3n) is 3.57. The van der Waals surface area contributed by atoms with Crippen LogP contribution < -0.4 is 10.1 Å². The molecule has 0 atom stereocenters. The number of benzene rings is 1. The van der Waals surface area contributed by atoms with Crippen molar-refractivity contribution in [2.45, 2.75) is 39.2 Å². The van der Waals surface area contributed by atoms with Crippen LogP contribution in [0, 0.1) is 0 Å². The van der Waals surface area contributed by atoms with Gasteiger partial charge < -0.3 is 10.1 Å². The highest BCUT2D eigenvalue weighted by atomic mass is 32.2. The zero-order valence-corrected chi connectivity index (χ0v) is 17.1. The van der Waals surface area contributed by atoms with E-state index in [9.17, 15) is 9.59 Å². The zero-order valence-electron chi connectivity index (χ0n) is 15.5. The molecule has 5 nitrogen and oxygen atoms in total. The quantitative estimate of drug-likeness (QED) is 0.592. The number of thioether (sulfide) groups is 1. The molecule has 0 radical (unpaired) electrons. The Hall–Kier alpha value is -1.86. The molecule has 0 saturated carbocycles. The van der Waals surface area contributed by atoms with Gasteiger partial charge in [0, 0.05) is 18.5 Å². The van der Waals surface area contributed by atoms with Gasteiger partial charge in [-0.05, 0) is 51.0 Å². The molecule has 1 aromatic carbocycles. The number of rotatable bonds is 6. The van der Waals surface area contributed by atoms with E-state index in [4.69, 9.17) is 17.0 Å². The summed E-state index contributed by atoms with van der Waals surface area (Å²) in [5, 5.41) is 2.92. The summed E-state index contributed by atoms with van der Waals surface area (Å²) in [6.45, 7) is 6.26. The van der Waals surface area contributed by atoms with Crippen LogP contribution in [-0.2, 0) is 9.59 Å². The Morgan fingerprint density at radius 3 is 2.77 bits per heavy atom. The van der Waals surface area contributed by atoms with Crippen molar-refractivity contribution in [1.29, 1.82) is 0 Å². The maximum atomic E-state index is 12.6. The van der Waals surface area contributed by atoms with Crippen molar-refractivity contribution in [1.82, 2.24) is 10.2 Å². The predicted molar refractivity (Wildman–Crippen MR) is 110 cm³/mol. The van der Waals surface area contributed by atoms with Gasteiger partial charge in [-0.1, -0.05) is 36.1 Å². The fourth-order valence-electron chi connectivity index (χ4n) is 2.45. The topological polar surface area (TPSA) is 58.6 Å². The lowest BCUT2D eigenvalue weighted by molar-refractivity contribution is -0.124. The first-order chi connectivity index (χ1) is 12.2. The van der Waals surface area contributed by atoms with Gasteiger partial charge in [0.05, 0.1) is 12.0 Å². The smallest absolute Gasteiger partial charge is 0.266 e. The Morgan fingerprint density at radius 1 is 1.38 bits per heavy atom. The average Bonchev–Trinajstić information content (AvgIpc) is 2.80. The largest absolute Gasteiger partial charge is 0.497 e. The third kappa shape index (κ3) is 5.85. The van der Waals surface area contributed by atoms with Crippen molar-refractivity contribution in [3.05, 3.63) is 34.7 Å². The van der Waals surface area contributed by atoms with Crippen LogP contribution in [0.2, 0.25) is 0 Å². The second-order valence-corrected chi connectivity index (χ2v) is 8.69. The number of amides is 2. The van der Waals surface area contributed by atoms with Gasteiger partial charge >= 0.3 is 0 Å². The number of hydrogen-bond acceptors (Lipinski definition) is 5. The molecule has 0 aromatic heterocycles. The fraction of sp³-hybridized carbons (Fsp3) is 0.421. The number of methoxy groups -OCH3 is 1. The van der Waals surface area contributed by atoms with Crippen molar-refractivity contribution in [2.75, 3.05) is 13.7 Å². The molecule has 1 aliphatic heterocycles. The number of ether oxygens (including phenoxy) is 1. The van der Waals surface area contributed by atoms with E-state index in [-0.39, 0.29) is 17.4 Å². The Bertz CT molecular complexity index is 739. The van der Waals surface area contributed by atoms with Crippen LogP contribution in [0.25, 0.3) is 6.08 Å². The Labute approximate surface area is 164 Å². The van der Waals surface area contributed by atoms with Gasteiger partial charge in [-0.2, -0.15) is 0 Å². The standard InChI is InChI=1S/C19H24N2O3S2/c1-19(2,3)20-16(22)9-6-10-21-17(23)15(26-18(21)25)12-13-7-5-8-14(11-13)24-4/h5,7-8,11-12H,6,9-10H2,1-4H3,(H,20,22). The number of nitrogens with zero attached hydrogens (tertiary/aromatic N) is 1. The molecule has 0 unspecified atom stereocenters. The minimum absolute atomic E-state index is 0.0186. The number of hydrogen-bond donors (Lipinski definition) is 1. The molecule has 1 saturated heterocycles. The molecule has 1 heterocycles. The summed E-state index contributed by atoms with van der Waals surface area (Å²) in [5.41, 5.74) is 0.632. The van der Waals surface area contributed by atoms with Crippen LogP contribution in [0.5, 0.6) is 5.75 Å². The lowest BCUT2D eigenvalue weighted by Gasteiger charge is -2.21. The lowest BCUT2D eigenvalue weighted by Crippen LogP contribution is -2.40. The summed E-state index contributed by atoms with van der Waals surface area (Å²) in [6, 6.07) is 7.50. The molecule has 140 valence electrons.